The Labute approximate surface area is 113 Å². The third-order valence-electron chi connectivity index (χ3n) is 2.02. The molecular formula is C10H10Cl2N4S. The van der Waals surface area contributed by atoms with E-state index >= 15 is 0 Å². The SMILES string of the molecule is NCCNc1nccc(-c2cc(Cl)sc2Cl)n1. The fourth-order valence-electron chi connectivity index (χ4n) is 1.29. The van der Waals surface area contributed by atoms with Crippen molar-refractivity contribution in [3.05, 3.63) is 27.0 Å². The molecule has 0 aliphatic heterocycles. The van der Waals surface area contributed by atoms with Crippen LogP contribution in [0, 0.1) is 0 Å². The van der Waals surface area contributed by atoms with Gasteiger partial charge < -0.3 is 11.1 Å². The molecule has 0 aromatic carbocycles. The number of aromatic nitrogens is 2. The van der Waals surface area contributed by atoms with E-state index in [4.69, 9.17) is 28.9 Å². The van der Waals surface area contributed by atoms with Crippen molar-refractivity contribution in [2.24, 2.45) is 5.73 Å². The van der Waals surface area contributed by atoms with Crippen molar-refractivity contribution in [3.63, 3.8) is 0 Å². The van der Waals surface area contributed by atoms with E-state index in [2.05, 4.69) is 15.3 Å². The van der Waals surface area contributed by atoms with Gasteiger partial charge in [0, 0.05) is 24.8 Å². The molecule has 0 aliphatic carbocycles. The van der Waals surface area contributed by atoms with E-state index in [0.29, 0.717) is 27.7 Å². The van der Waals surface area contributed by atoms with Gasteiger partial charge in [-0.15, -0.1) is 11.3 Å². The molecule has 0 fully saturated rings. The predicted octanol–water partition coefficient (Wildman–Crippen LogP) is 2.88. The van der Waals surface area contributed by atoms with Crippen LogP contribution < -0.4 is 11.1 Å². The van der Waals surface area contributed by atoms with Gasteiger partial charge in [-0.1, -0.05) is 23.2 Å². The van der Waals surface area contributed by atoms with Crippen LogP contribution in [0.15, 0.2) is 18.3 Å². The van der Waals surface area contributed by atoms with Crippen LogP contribution in [0.4, 0.5) is 5.95 Å². The van der Waals surface area contributed by atoms with Crippen molar-refractivity contribution in [2.75, 3.05) is 18.4 Å². The summed E-state index contributed by atoms with van der Waals surface area (Å²) in [7, 11) is 0. The molecule has 7 heteroatoms. The van der Waals surface area contributed by atoms with Crippen LogP contribution in [0.3, 0.4) is 0 Å². The number of nitrogens with zero attached hydrogens (tertiary/aromatic N) is 2. The number of thiophene rings is 1. The van der Waals surface area contributed by atoms with Crippen LogP contribution in [0.2, 0.25) is 8.67 Å². The van der Waals surface area contributed by atoms with Crippen molar-refractivity contribution < 1.29 is 0 Å². The molecule has 2 rings (SSSR count). The van der Waals surface area contributed by atoms with Crippen molar-refractivity contribution >= 4 is 40.5 Å². The third-order valence-corrected chi connectivity index (χ3v) is 3.50. The fraction of sp³-hybridized carbons (Fsp3) is 0.200. The summed E-state index contributed by atoms with van der Waals surface area (Å²) < 4.78 is 1.26. The number of anilines is 1. The summed E-state index contributed by atoms with van der Waals surface area (Å²) in [5.74, 6) is 0.534. The van der Waals surface area contributed by atoms with Gasteiger partial charge in [-0.3, -0.25) is 0 Å². The fourth-order valence-corrected chi connectivity index (χ4v) is 2.77. The zero-order chi connectivity index (χ0) is 12.3. The Hall–Kier alpha value is -0.880. The minimum Gasteiger partial charge on any atom is -0.353 e. The Morgan fingerprint density at radius 2 is 2.24 bits per heavy atom. The number of halogens is 2. The van der Waals surface area contributed by atoms with Gasteiger partial charge >= 0.3 is 0 Å². The molecule has 0 amide bonds. The highest BCUT2D eigenvalue weighted by Crippen LogP contribution is 2.37. The maximum absolute atomic E-state index is 6.07. The second-order valence-electron chi connectivity index (χ2n) is 3.22. The highest BCUT2D eigenvalue weighted by atomic mass is 35.5. The molecule has 2 aromatic rings. The lowest BCUT2D eigenvalue weighted by Gasteiger charge is -2.04. The quantitative estimate of drug-likeness (QED) is 0.908. The summed E-state index contributed by atoms with van der Waals surface area (Å²) in [6, 6.07) is 3.58. The summed E-state index contributed by atoms with van der Waals surface area (Å²) in [6.45, 7) is 1.15. The van der Waals surface area contributed by atoms with E-state index in [-0.39, 0.29) is 0 Å². The summed E-state index contributed by atoms with van der Waals surface area (Å²) in [6.07, 6.45) is 1.67. The molecular weight excluding hydrogens is 279 g/mol. The van der Waals surface area contributed by atoms with Crippen LogP contribution in [-0.4, -0.2) is 23.1 Å². The van der Waals surface area contributed by atoms with Crippen molar-refractivity contribution in [1.29, 1.82) is 0 Å². The average Bonchev–Trinajstić information content (AvgIpc) is 2.66. The van der Waals surface area contributed by atoms with E-state index < -0.39 is 0 Å². The molecule has 17 heavy (non-hydrogen) atoms. The molecule has 2 aromatic heterocycles. The second-order valence-corrected chi connectivity index (χ2v) is 5.50. The summed E-state index contributed by atoms with van der Waals surface area (Å²) in [5.41, 5.74) is 6.96. The van der Waals surface area contributed by atoms with Gasteiger partial charge in [0.05, 0.1) is 10.0 Å². The molecule has 0 radical (unpaired) electrons. The maximum Gasteiger partial charge on any atom is 0.223 e. The zero-order valence-corrected chi connectivity index (χ0v) is 11.1. The van der Waals surface area contributed by atoms with E-state index in [9.17, 15) is 0 Å². The Kier molecular flexibility index (Phi) is 4.17. The van der Waals surface area contributed by atoms with Crippen molar-refractivity contribution in [3.8, 4) is 11.3 Å². The van der Waals surface area contributed by atoms with Crippen molar-refractivity contribution in [1.82, 2.24) is 9.97 Å². The lowest BCUT2D eigenvalue weighted by Crippen LogP contribution is -2.14. The zero-order valence-electron chi connectivity index (χ0n) is 8.78. The normalized spacial score (nSPS) is 10.5. The van der Waals surface area contributed by atoms with Crippen molar-refractivity contribution in [2.45, 2.75) is 0 Å². The van der Waals surface area contributed by atoms with Crippen LogP contribution in [0.1, 0.15) is 0 Å². The van der Waals surface area contributed by atoms with E-state index in [1.54, 1.807) is 18.3 Å². The van der Waals surface area contributed by atoms with E-state index in [1.807, 2.05) is 0 Å². The number of hydrogen-bond donors (Lipinski definition) is 2. The minimum atomic E-state index is 0.526. The van der Waals surface area contributed by atoms with Crippen LogP contribution in [0.25, 0.3) is 11.3 Å². The smallest absolute Gasteiger partial charge is 0.223 e. The van der Waals surface area contributed by atoms with Crippen LogP contribution in [-0.2, 0) is 0 Å². The Morgan fingerprint density at radius 1 is 1.41 bits per heavy atom. The molecule has 0 unspecified atom stereocenters. The Bertz CT molecular complexity index is 515. The first-order chi connectivity index (χ1) is 8.20. The molecule has 4 nitrogen and oxygen atoms in total. The van der Waals surface area contributed by atoms with Crippen LogP contribution in [0.5, 0.6) is 0 Å². The molecule has 90 valence electrons. The lowest BCUT2D eigenvalue weighted by molar-refractivity contribution is 0.990. The van der Waals surface area contributed by atoms with Gasteiger partial charge in [0.2, 0.25) is 5.95 Å². The predicted molar refractivity (Wildman–Crippen MR) is 72.9 cm³/mol. The Balaban J connectivity index is 2.29. The third kappa shape index (κ3) is 3.07. The first-order valence-electron chi connectivity index (χ1n) is 4.93. The number of nitrogens with one attached hydrogen (secondary N) is 1. The molecule has 3 N–H and O–H groups in total. The van der Waals surface area contributed by atoms with Gasteiger partial charge in [-0.05, 0) is 12.1 Å². The maximum atomic E-state index is 6.07. The molecule has 0 spiro atoms. The van der Waals surface area contributed by atoms with E-state index in [0.717, 1.165) is 11.3 Å². The number of hydrogen-bond acceptors (Lipinski definition) is 5. The monoisotopic (exact) mass is 288 g/mol. The Morgan fingerprint density at radius 3 is 2.88 bits per heavy atom. The molecule has 2 heterocycles. The van der Waals surface area contributed by atoms with Gasteiger partial charge in [0.25, 0.3) is 0 Å². The number of rotatable bonds is 4. The molecule has 0 saturated heterocycles. The first kappa shape index (κ1) is 12.6. The second kappa shape index (κ2) is 5.64. The minimum absolute atomic E-state index is 0.526. The summed E-state index contributed by atoms with van der Waals surface area (Å²) >= 11 is 13.3. The van der Waals surface area contributed by atoms with Gasteiger partial charge in [-0.2, -0.15) is 0 Å². The lowest BCUT2D eigenvalue weighted by atomic mass is 10.2. The summed E-state index contributed by atoms with van der Waals surface area (Å²) in [5, 5.41) is 3.01. The topological polar surface area (TPSA) is 63.8 Å². The highest BCUT2D eigenvalue weighted by molar-refractivity contribution is 7.20. The average molecular weight is 289 g/mol. The standard InChI is InChI=1S/C10H10Cl2N4S/c11-8-5-6(9(12)17-8)7-1-3-14-10(16-7)15-4-2-13/h1,3,5H,2,4,13H2,(H,14,15,16). The van der Waals surface area contributed by atoms with Gasteiger partial charge in [0.15, 0.2) is 0 Å². The van der Waals surface area contributed by atoms with Crippen LogP contribution >= 0.6 is 34.5 Å². The van der Waals surface area contributed by atoms with Gasteiger partial charge in [0.1, 0.15) is 4.34 Å². The molecule has 0 bridgehead atoms. The van der Waals surface area contributed by atoms with E-state index in [1.165, 1.54) is 11.3 Å². The number of nitrogens with two attached hydrogens (primary N) is 1. The highest BCUT2D eigenvalue weighted by Gasteiger charge is 2.10. The molecule has 0 saturated carbocycles. The largest absolute Gasteiger partial charge is 0.353 e. The molecule has 0 atom stereocenters. The van der Waals surface area contributed by atoms with Gasteiger partial charge in [-0.25, -0.2) is 9.97 Å². The first-order valence-corrected chi connectivity index (χ1v) is 6.50. The summed E-state index contributed by atoms with van der Waals surface area (Å²) in [4.78, 5) is 8.43. The molecule has 0 aliphatic rings.